The average Bonchev–Trinajstić information content (AvgIpc) is 2.60. The van der Waals surface area contributed by atoms with Crippen LogP contribution in [0.1, 0.15) is 28.4 Å². The van der Waals surface area contributed by atoms with Gasteiger partial charge in [-0.25, -0.2) is 0 Å². The van der Waals surface area contributed by atoms with Crippen molar-refractivity contribution in [3.05, 3.63) is 59.2 Å². The predicted molar refractivity (Wildman–Crippen MR) is 93.8 cm³/mol. The number of phenols is 2. The fourth-order valence-corrected chi connectivity index (χ4v) is 2.28. The van der Waals surface area contributed by atoms with Gasteiger partial charge in [-0.3, -0.25) is 4.79 Å². The van der Waals surface area contributed by atoms with Gasteiger partial charge in [0.15, 0.2) is 11.5 Å². The minimum atomic E-state index is -0.165. The molecule has 5 heteroatoms. The predicted octanol–water partition coefficient (Wildman–Crippen LogP) is 2.72. The summed E-state index contributed by atoms with van der Waals surface area (Å²) < 4.78 is 0. The van der Waals surface area contributed by atoms with Crippen LogP contribution in [0.3, 0.4) is 0 Å². The Bertz CT molecular complexity index is 723. The van der Waals surface area contributed by atoms with Gasteiger partial charge in [0.2, 0.25) is 0 Å². The number of benzene rings is 2. The third kappa shape index (κ3) is 4.36. The number of nitrogens with zero attached hydrogens (tertiary/aromatic N) is 1. The Morgan fingerprint density at radius 2 is 1.62 bits per heavy atom. The molecule has 0 aliphatic rings. The molecule has 0 fully saturated rings. The Labute approximate surface area is 141 Å². The van der Waals surface area contributed by atoms with Gasteiger partial charge in [-0.05, 0) is 42.3 Å². The van der Waals surface area contributed by atoms with E-state index in [4.69, 9.17) is 5.11 Å². The van der Waals surface area contributed by atoms with E-state index in [9.17, 15) is 15.0 Å². The highest BCUT2D eigenvalue weighted by atomic mass is 16.3. The summed E-state index contributed by atoms with van der Waals surface area (Å²) in [5.41, 5.74) is 2.24. The first-order valence-electron chi connectivity index (χ1n) is 7.75. The lowest BCUT2D eigenvalue weighted by Gasteiger charge is -2.19. The van der Waals surface area contributed by atoms with Crippen molar-refractivity contribution in [1.29, 1.82) is 0 Å². The second kappa shape index (κ2) is 8.17. The van der Waals surface area contributed by atoms with Crippen LogP contribution in [-0.2, 0) is 0 Å². The van der Waals surface area contributed by atoms with Crippen LogP contribution in [0.2, 0.25) is 0 Å². The van der Waals surface area contributed by atoms with Crippen LogP contribution in [0.25, 0.3) is 12.2 Å². The lowest BCUT2D eigenvalue weighted by atomic mass is 10.1. The van der Waals surface area contributed by atoms with Crippen molar-refractivity contribution in [2.24, 2.45) is 0 Å². The molecule has 2 aromatic rings. The van der Waals surface area contributed by atoms with Gasteiger partial charge in [0.25, 0.3) is 5.91 Å². The molecule has 5 nitrogen and oxygen atoms in total. The minimum Gasteiger partial charge on any atom is -0.504 e. The van der Waals surface area contributed by atoms with Crippen molar-refractivity contribution in [3.63, 3.8) is 0 Å². The number of aliphatic hydroxyl groups is 1. The molecule has 0 atom stereocenters. The summed E-state index contributed by atoms with van der Waals surface area (Å²) in [6.45, 7) is 2.68. The van der Waals surface area contributed by atoms with Crippen molar-refractivity contribution in [2.45, 2.75) is 6.92 Å². The summed E-state index contributed by atoms with van der Waals surface area (Å²) in [7, 11) is 0. The van der Waals surface area contributed by atoms with Crippen LogP contribution in [0.5, 0.6) is 11.5 Å². The van der Waals surface area contributed by atoms with E-state index in [1.54, 1.807) is 29.2 Å². The molecule has 2 rings (SSSR count). The SMILES string of the molecule is CCN(CCO)C(=O)c1ccc(/C=C/c2ccc(O)c(O)c2)cc1. The molecule has 126 valence electrons. The number of carbonyl (C=O) groups excluding carboxylic acids is 1. The Morgan fingerprint density at radius 3 is 2.21 bits per heavy atom. The van der Waals surface area contributed by atoms with Crippen molar-refractivity contribution in [1.82, 2.24) is 4.90 Å². The Hall–Kier alpha value is -2.79. The van der Waals surface area contributed by atoms with Gasteiger partial charge in [0, 0.05) is 18.7 Å². The molecule has 3 N–H and O–H groups in total. The third-order valence-corrected chi connectivity index (χ3v) is 3.66. The number of rotatable bonds is 6. The van der Waals surface area contributed by atoms with Crippen LogP contribution < -0.4 is 0 Å². The molecular weight excluding hydrogens is 306 g/mol. The third-order valence-electron chi connectivity index (χ3n) is 3.66. The molecule has 24 heavy (non-hydrogen) atoms. The first-order valence-corrected chi connectivity index (χ1v) is 7.75. The molecule has 0 aliphatic carbocycles. The van der Waals surface area contributed by atoms with Gasteiger partial charge in [-0.2, -0.15) is 0 Å². The fraction of sp³-hybridized carbons (Fsp3) is 0.211. The largest absolute Gasteiger partial charge is 0.504 e. The molecule has 0 aliphatic heterocycles. The lowest BCUT2D eigenvalue weighted by Crippen LogP contribution is -2.33. The Balaban J connectivity index is 2.10. The molecule has 0 bridgehead atoms. The molecule has 0 heterocycles. The maximum Gasteiger partial charge on any atom is 0.253 e. The molecule has 0 spiro atoms. The summed E-state index contributed by atoms with van der Waals surface area (Å²) >= 11 is 0. The number of phenolic OH excluding ortho intramolecular Hbond substituents is 2. The zero-order valence-corrected chi connectivity index (χ0v) is 13.5. The van der Waals surface area contributed by atoms with Gasteiger partial charge >= 0.3 is 0 Å². The first kappa shape index (κ1) is 17.6. The molecule has 0 unspecified atom stereocenters. The maximum absolute atomic E-state index is 12.3. The van der Waals surface area contributed by atoms with Crippen LogP contribution in [0.4, 0.5) is 0 Å². The highest BCUT2D eigenvalue weighted by Gasteiger charge is 2.12. The van der Waals surface area contributed by atoms with E-state index in [-0.39, 0.29) is 24.0 Å². The number of hydrogen-bond donors (Lipinski definition) is 3. The first-order chi connectivity index (χ1) is 11.5. The van der Waals surface area contributed by atoms with Crippen LogP contribution in [0.15, 0.2) is 42.5 Å². The van der Waals surface area contributed by atoms with Crippen LogP contribution >= 0.6 is 0 Å². The van der Waals surface area contributed by atoms with E-state index in [0.29, 0.717) is 18.7 Å². The highest BCUT2D eigenvalue weighted by molar-refractivity contribution is 5.94. The van der Waals surface area contributed by atoms with Gasteiger partial charge in [-0.1, -0.05) is 30.4 Å². The summed E-state index contributed by atoms with van der Waals surface area (Å²) in [6.07, 6.45) is 3.66. The van der Waals surface area contributed by atoms with Crippen LogP contribution in [0, 0.1) is 0 Å². The topological polar surface area (TPSA) is 81.0 Å². The average molecular weight is 327 g/mol. The quantitative estimate of drug-likeness (QED) is 0.563. The second-order valence-electron chi connectivity index (χ2n) is 5.31. The monoisotopic (exact) mass is 327 g/mol. The number of carbonyl (C=O) groups is 1. The number of aromatic hydroxyl groups is 2. The zero-order valence-electron chi connectivity index (χ0n) is 13.5. The summed E-state index contributed by atoms with van der Waals surface area (Å²) in [4.78, 5) is 13.9. The standard InChI is InChI=1S/C19H21NO4/c1-2-20(11-12-21)19(24)16-8-5-14(6-9-16)3-4-15-7-10-17(22)18(23)13-15/h3-10,13,21-23H,2,11-12H2,1H3/b4-3+. The zero-order chi connectivity index (χ0) is 17.5. The van der Waals surface area contributed by atoms with Crippen molar-refractivity contribution >= 4 is 18.1 Å². The van der Waals surface area contributed by atoms with E-state index in [0.717, 1.165) is 11.1 Å². The van der Waals surface area contributed by atoms with Gasteiger partial charge < -0.3 is 20.2 Å². The number of amides is 1. The van der Waals surface area contributed by atoms with E-state index in [1.165, 1.54) is 12.1 Å². The van der Waals surface area contributed by atoms with Crippen molar-refractivity contribution < 1.29 is 20.1 Å². The second-order valence-corrected chi connectivity index (χ2v) is 5.31. The molecule has 0 aromatic heterocycles. The highest BCUT2D eigenvalue weighted by Crippen LogP contribution is 2.25. The van der Waals surface area contributed by atoms with Gasteiger partial charge in [-0.15, -0.1) is 0 Å². The normalized spacial score (nSPS) is 10.9. The molecule has 0 saturated heterocycles. The van der Waals surface area contributed by atoms with E-state index >= 15 is 0 Å². The smallest absolute Gasteiger partial charge is 0.253 e. The molecular formula is C19H21NO4. The van der Waals surface area contributed by atoms with Crippen molar-refractivity contribution in [2.75, 3.05) is 19.7 Å². The van der Waals surface area contributed by atoms with Crippen LogP contribution in [-0.4, -0.2) is 45.8 Å². The number of likely N-dealkylation sites (N-methyl/N-ethyl adjacent to an activating group) is 1. The number of hydrogen-bond acceptors (Lipinski definition) is 4. The molecule has 0 saturated carbocycles. The Morgan fingerprint density at radius 1 is 1.00 bits per heavy atom. The molecule has 0 radical (unpaired) electrons. The molecule has 1 amide bonds. The molecule has 2 aromatic carbocycles. The summed E-state index contributed by atoms with van der Waals surface area (Å²) in [5.74, 6) is -0.425. The summed E-state index contributed by atoms with van der Waals surface area (Å²) in [5, 5.41) is 27.7. The van der Waals surface area contributed by atoms with Crippen molar-refractivity contribution in [3.8, 4) is 11.5 Å². The van der Waals surface area contributed by atoms with E-state index < -0.39 is 0 Å². The van der Waals surface area contributed by atoms with Gasteiger partial charge in [0.05, 0.1) is 6.61 Å². The summed E-state index contributed by atoms with van der Waals surface area (Å²) in [6, 6.07) is 11.7. The lowest BCUT2D eigenvalue weighted by molar-refractivity contribution is 0.0732. The van der Waals surface area contributed by atoms with E-state index in [1.807, 2.05) is 25.1 Å². The number of aliphatic hydroxyl groups excluding tert-OH is 1. The Kier molecular flexibility index (Phi) is 5.98. The van der Waals surface area contributed by atoms with E-state index in [2.05, 4.69) is 0 Å². The minimum absolute atomic E-state index is 0.0557. The fourth-order valence-electron chi connectivity index (χ4n) is 2.28. The van der Waals surface area contributed by atoms with Gasteiger partial charge in [0.1, 0.15) is 0 Å². The maximum atomic E-state index is 12.3.